The molecule has 0 saturated carbocycles. The van der Waals surface area contributed by atoms with Gasteiger partial charge < -0.3 is 9.30 Å². The molecule has 0 spiro atoms. The maximum atomic E-state index is 13.3. The predicted molar refractivity (Wildman–Crippen MR) is 65.1 cm³/mol. The highest BCUT2D eigenvalue weighted by atomic mass is 32.2. The Morgan fingerprint density at radius 1 is 1.44 bits per heavy atom. The number of imidazole rings is 1. The molecule has 1 aromatic carbocycles. The molecule has 18 heavy (non-hydrogen) atoms. The van der Waals surface area contributed by atoms with Gasteiger partial charge in [-0.2, -0.15) is 0 Å². The Labute approximate surface area is 108 Å². The molecule has 1 unspecified atom stereocenters. The van der Waals surface area contributed by atoms with Gasteiger partial charge in [0.05, 0.1) is 12.3 Å². The number of thioether (sulfide) groups is 1. The summed E-state index contributed by atoms with van der Waals surface area (Å²) in [6.07, 6.45) is 4.91. The van der Waals surface area contributed by atoms with Crippen molar-refractivity contribution in [3.05, 3.63) is 48.6 Å². The largest absolute Gasteiger partial charge is 0.347 e. The van der Waals surface area contributed by atoms with Crippen LogP contribution in [0.1, 0.15) is 13.2 Å². The van der Waals surface area contributed by atoms with Crippen molar-refractivity contribution in [1.82, 2.24) is 9.55 Å². The Kier molecular flexibility index (Phi) is 4.33. The quantitative estimate of drug-likeness (QED) is 0.615. The molecule has 96 valence electrons. The first-order valence-corrected chi connectivity index (χ1v) is 6.32. The van der Waals surface area contributed by atoms with Crippen LogP contribution in [0.4, 0.5) is 8.78 Å². The lowest BCUT2D eigenvalue weighted by molar-refractivity contribution is 0.0491. The fourth-order valence-corrected chi connectivity index (χ4v) is 2.11. The van der Waals surface area contributed by atoms with Crippen LogP contribution in [0.15, 0.2) is 41.8 Å². The van der Waals surface area contributed by atoms with E-state index >= 15 is 0 Å². The lowest BCUT2D eigenvalue weighted by Gasteiger charge is -2.13. The molecule has 0 N–H and O–H groups in total. The first-order chi connectivity index (χ1) is 8.66. The fraction of sp³-hybridized carbons (Fsp3) is 0.250. The second-order valence-electron chi connectivity index (χ2n) is 3.61. The van der Waals surface area contributed by atoms with Crippen molar-refractivity contribution < 1.29 is 13.5 Å². The van der Waals surface area contributed by atoms with Gasteiger partial charge in [-0.15, -0.1) is 0 Å². The van der Waals surface area contributed by atoms with Gasteiger partial charge >= 0.3 is 0 Å². The average molecular weight is 270 g/mol. The monoisotopic (exact) mass is 270 g/mol. The third-order valence-electron chi connectivity index (χ3n) is 2.36. The second kappa shape index (κ2) is 5.97. The lowest BCUT2D eigenvalue weighted by Crippen LogP contribution is -2.06. The molecule has 0 saturated heterocycles. The van der Waals surface area contributed by atoms with Crippen molar-refractivity contribution >= 4 is 11.8 Å². The van der Waals surface area contributed by atoms with E-state index in [4.69, 9.17) is 4.74 Å². The summed E-state index contributed by atoms with van der Waals surface area (Å²) in [6.45, 7) is 1.86. The highest BCUT2D eigenvalue weighted by Crippen LogP contribution is 2.23. The number of nitrogens with zero attached hydrogens (tertiary/aromatic N) is 2. The molecular weight excluding hydrogens is 258 g/mol. The molecule has 0 bridgehead atoms. The van der Waals surface area contributed by atoms with Crippen LogP contribution in [0, 0.1) is 11.6 Å². The summed E-state index contributed by atoms with van der Waals surface area (Å²) in [5, 5.41) is 0. The molecule has 0 aliphatic rings. The highest BCUT2D eigenvalue weighted by molar-refractivity contribution is 7.99. The maximum absolute atomic E-state index is 13.3. The standard InChI is InChI=1S/C12H12F2N2OS/c1-9(16-5-4-15-7-16)17-8-18-12-3-2-10(13)6-11(12)14/h2-7,9H,8H2,1H3. The van der Waals surface area contributed by atoms with Crippen molar-refractivity contribution in [3.8, 4) is 0 Å². The van der Waals surface area contributed by atoms with Gasteiger partial charge in [0.2, 0.25) is 0 Å². The summed E-state index contributed by atoms with van der Waals surface area (Å²) < 4.78 is 33.3. The molecule has 1 heterocycles. The van der Waals surface area contributed by atoms with E-state index in [2.05, 4.69) is 4.98 Å². The molecule has 2 rings (SSSR count). The number of aromatic nitrogens is 2. The molecule has 1 aromatic heterocycles. The van der Waals surface area contributed by atoms with Crippen molar-refractivity contribution in [1.29, 1.82) is 0 Å². The first kappa shape index (κ1) is 13.0. The van der Waals surface area contributed by atoms with E-state index in [1.54, 1.807) is 23.3 Å². The van der Waals surface area contributed by atoms with E-state index in [-0.39, 0.29) is 12.2 Å². The minimum absolute atomic E-state index is 0.177. The summed E-state index contributed by atoms with van der Waals surface area (Å²) in [6, 6.07) is 3.49. The van der Waals surface area contributed by atoms with Crippen molar-refractivity contribution in [3.63, 3.8) is 0 Å². The second-order valence-corrected chi connectivity index (χ2v) is 4.58. The van der Waals surface area contributed by atoms with Crippen molar-refractivity contribution in [2.24, 2.45) is 0 Å². The zero-order valence-electron chi connectivity index (χ0n) is 9.72. The maximum Gasteiger partial charge on any atom is 0.139 e. The molecule has 2 aromatic rings. The number of halogens is 2. The van der Waals surface area contributed by atoms with Crippen LogP contribution in [0.25, 0.3) is 0 Å². The number of hydrogen-bond donors (Lipinski definition) is 0. The smallest absolute Gasteiger partial charge is 0.139 e. The Balaban J connectivity index is 1.85. The number of ether oxygens (including phenoxy) is 1. The van der Waals surface area contributed by atoms with Gasteiger partial charge in [0, 0.05) is 23.4 Å². The summed E-state index contributed by atoms with van der Waals surface area (Å²) in [5.74, 6) is -0.870. The number of benzene rings is 1. The molecule has 0 aliphatic carbocycles. The van der Waals surface area contributed by atoms with Gasteiger partial charge in [-0.05, 0) is 19.1 Å². The minimum atomic E-state index is -0.579. The van der Waals surface area contributed by atoms with Gasteiger partial charge in [-0.25, -0.2) is 13.8 Å². The first-order valence-electron chi connectivity index (χ1n) is 5.33. The van der Waals surface area contributed by atoms with E-state index in [0.717, 1.165) is 6.07 Å². The molecule has 0 amide bonds. The van der Waals surface area contributed by atoms with Crippen LogP contribution in [-0.2, 0) is 4.74 Å². The van der Waals surface area contributed by atoms with Crippen molar-refractivity contribution in [2.75, 3.05) is 5.94 Å². The molecule has 3 nitrogen and oxygen atoms in total. The van der Waals surface area contributed by atoms with Crippen LogP contribution in [0.5, 0.6) is 0 Å². The topological polar surface area (TPSA) is 27.1 Å². The van der Waals surface area contributed by atoms with Gasteiger partial charge in [0.1, 0.15) is 17.9 Å². The van der Waals surface area contributed by atoms with Gasteiger partial charge in [-0.3, -0.25) is 0 Å². The highest BCUT2D eigenvalue weighted by Gasteiger charge is 2.07. The van der Waals surface area contributed by atoms with Crippen LogP contribution in [-0.4, -0.2) is 15.5 Å². The van der Waals surface area contributed by atoms with Gasteiger partial charge in [0.25, 0.3) is 0 Å². The molecule has 0 fully saturated rings. The average Bonchev–Trinajstić information content (AvgIpc) is 2.85. The Morgan fingerprint density at radius 2 is 2.28 bits per heavy atom. The molecule has 1 atom stereocenters. The van der Waals surface area contributed by atoms with Gasteiger partial charge in [-0.1, -0.05) is 11.8 Å². The van der Waals surface area contributed by atoms with Crippen LogP contribution >= 0.6 is 11.8 Å². The summed E-state index contributed by atoms with van der Waals surface area (Å²) in [5.41, 5.74) is 0. The summed E-state index contributed by atoms with van der Waals surface area (Å²) >= 11 is 1.18. The molecule has 0 aliphatic heterocycles. The number of rotatable bonds is 5. The lowest BCUT2D eigenvalue weighted by atomic mass is 10.3. The Bertz CT molecular complexity index is 505. The van der Waals surface area contributed by atoms with E-state index in [1.165, 1.54) is 23.9 Å². The van der Waals surface area contributed by atoms with Crippen LogP contribution < -0.4 is 0 Å². The zero-order valence-corrected chi connectivity index (χ0v) is 10.5. The normalized spacial score (nSPS) is 12.6. The number of hydrogen-bond acceptors (Lipinski definition) is 3. The fourth-order valence-electron chi connectivity index (χ4n) is 1.36. The third kappa shape index (κ3) is 3.30. The predicted octanol–water partition coefficient (Wildman–Crippen LogP) is 3.45. The van der Waals surface area contributed by atoms with E-state index in [0.29, 0.717) is 4.90 Å². The Morgan fingerprint density at radius 3 is 2.94 bits per heavy atom. The van der Waals surface area contributed by atoms with Gasteiger partial charge in [0.15, 0.2) is 0 Å². The summed E-state index contributed by atoms with van der Waals surface area (Å²) in [4.78, 5) is 4.28. The minimum Gasteiger partial charge on any atom is -0.347 e. The molecular formula is C12H12F2N2OS. The molecule has 6 heteroatoms. The van der Waals surface area contributed by atoms with E-state index in [1.807, 2.05) is 6.92 Å². The van der Waals surface area contributed by atoms with E-state index < -0.39 is 11.6 Å². The SMILES string of the molecule is CC(OCSc1ccc(F)cc1F)n1ccnc1. The van der Waals surface area contributed by atoms with E-state index in [9.17, 15) is 8.78 Å². The third-order valence-corrected chi connectivity index (χ3v) is 3.26. The van der Waals surface area contributed by atoms with Crippen molar-refractivity contribution in [2.45, 2.75) is 18.0 Å². The summed E-state index contributed by atoms with van der Waals surface area (Å²) in [7, 11) is 0. The molecule has 0 radical (unpaired) electrons. The van der Waals surface area contributed by atoms with Crippen LogP contribution in [0.2, 0.25) is 0 Å². The zero-order chi connectivity index (χ0) is 13.0. The van der Waals surface area contributed by atoms with Crippen LogP contribution in [0.3, 0.4) is 0 Å². The Hall–Kier alpha value is -1.40.